The largest absolute Gasteiger partial charge is 0.401 e. The normalized spacial score (nSPS) is 22.3. The highest BCUT2D eigenvalue weighted by atomic mass is 19.4. The van der Waals surface area contributed by atoms with Crippen LogP contribution in [-0.4, -0.2) is 84.9 Å². The molecule has 0 N–H and O–H groups in total. The lowest BCUT2D eigenvalue weighted by Gasteiger charge is -2.42. The SMILES string of the molecule is O=CCCC(=O)N1CCC(N2CCN(CC(F)(F)F)CC2)CC1. The van der Waals surface area contributed by atoms with Crippen molar-refractivity contribution in [1.29, 1.82) is 0 Å². The molecule has 0 bridgehead atoms. The van der Waals surface area contributed by atoms with E-state index in [0.29, 0.717) is 45.3 Å². The summed E-state index contributed by atoms with van der Waals surface area (Å²) in [6.07, 6.45) is -1.14. The number of nitrogens with zero attached hydrogens (tertiary/aromatic N) is 3. The number of halogens is 3. The molecule has 23 heavy (non-hydrogen) atoms. The molecule has 132 valence electrons. The topological polar surface area (TPSA) is 43.9 Å². The van der Waals surface area contributed by atoms with Crippen LogP contribution >= 0.6 is 0 Å². The number of alkyl halides is 3. The van der Waals surface area contributed by atoms with Crippen molar-refractivity contribution in [2.45, 2.75) is 37.9 Å². The molecule has 0 aromatic heterocycles. The molecular formula is C15H24F3N3O2. The van der Waals surface area contributed by atoms with Gasteiger partial charge in [0.15, 0.2) is 0 Å². The van der Waals surface area contributed by atoms with Gasteiger partial charge in [0.05, 0.1) is 6.54 Å². The van der Waals surface area contributed by atoms with E-state index >= 15 is 0 Å². The van der Waals surface area contributed by atoms with Gasteiger partial charge in [0.25, 0.3) is 0 Å². The Morgan fingerprint density at radius 1 is 1.04 bits per heavy atom. The Labute approximate surface area is 134 Å². The van der Waals surface area contributed by atoms with E-state index in [1.165, 1.54) is 4.90 Å². The molecule has 0 saturated carbocycles. The van der Waals surface area contributed by atoms with Crippen molar-refractivity contribution in [1.82, 2.24) is 14.7 Å². The van der Waals surface area contributed by atoms with Crippen molar-refractivity contribution in [3.05, 3.63) is 0 Å². The fourth-order valence-corrected chi connectivity index (χ4v) is 3.36. The van der Waals surface area contributed by atoms with Crippen LogP contribution in [0.25, 0.3) is 0 Å². The lowest BCUT2D eigenvalue weighted by molar-refractivity contribution is -0.150. The van der Waals surface area contributed by atoms with Crippen molar-refractivity contribution >= 4 is 12.2 Å². The number of carbonyl (C=O) groups is 2. The van der Waals surface area contributed by atoms with Crippen LogP contribution in [0.2, 0.25) is 0 Å². The molecule has 2 aliphatic rings. The molecule has 2 aliphatic heterocycles. The Balaban J connectivity index is 1.70. The highest BCUT2D eigenvalue weighted by molar-refractivity contribution is 5.78. The minimum atomic E-state index is -4.13. The van der Waals surface area contributed by atoms with Gasteiger partial charge in [-0.2, -0.15) is 13.2 Å². The van der Waals surface area contributed by atoms with Crippen LogP contribution in [0.3, 0.4) is 0 Å². The molecule has 2 saturated heterocycles. The van der Waals surface area contributed by atoms with Crippen LogP contribution in [0.1, 0.15) is 25.7 Å². The summed E-state index contributed by atoms with van der Waals surface area (Å²) in [5.41, 5.74) is 0. The Bertz CT molecular complexity index is 401. The van der Waals surface area contributed by atoms with E-state index in [4.69, 9.17) is 0 Å². The summed E-state index contributed by atoms with van der Waals surface area (Å²) < 4.78 is 37.2. The van der Waals surface area contributed by atoms with Gasteiger partial charge in [-0.05, 0) is 12.8 Å². The predicted octanol–water partition coefficient (Wildman–Crippen LogP) is 1.14. The zero-order valence-electron chi connectivity index (χ0n) is 13.2. The zero-order valence-corrected chi connectivity index (χ0v) is 13.2. The number of rotatable bonds is 5. The first-order valence-corrected chi connectivity index (χ1v) is 8.13. The first-order chi connectivity index (χ1) is 10.9. The van der Waals surface area contributed by atoms with Gasteiger partial charge in [-0.15, -0.1) is 0 Å². The molecule has 0 atom stereocenters. The molecule has 0 unspecified atom stereocenters. The Morgan fingerprint density at radius 3 is 2.17 bits per heavy atom. The van der Waals surface area contributed by atoms with Crippen molar-refractivity contribution in [2.24, 2.45) is 0 Å². The van der Waals surface area contributed by atoms with Crippen LogP contribution < -0.4 is 0 Å². The quantitative estimate of drug-likeness (QED) is 0.707. The molecule has 0 aromatic rings. The number of piperazine rings is 1. The summed E-state index contributed by atoms with van der Waals surface area (Å²) in [4.78, 5) is 27.7. The van der Waals surface area contributed by atoms with Gasteiger partial charge in [-0.25, -0.2) is 0 Å². The maximum atomic E-state index is 12.4. The summed E-state index contributed by atoms with van der Waals surface area (Å²) in [5.74, 6) is 0.0190. The molecule has 1 amide bonds. The Kier molecular flexibility index (Phi) is 6.41. The second-order valence-corrected chi connectivity index (χ2v) is 6.24. The number of hydrogen-bond acceptors (Lipinski definition) is 4. The number of amides is 1. The van der Waals surface area contributed by atoms with Gasteiger partial charge in [0.2, 0.25) is 5.91 Å². The van der Waals surface area contributed by atoms with Crippen molar-refractivity contribution < 1.29 is 22.8 Å². The van der Waals surface area contributed by atoms with Gasteiger partial charge in [0.1, 0.15) is 6.29 Å². The van der Waals surface area contributed by atoms with Crippen LogP contribution in [0.5, 0.6) is 0 Å². The van der Waals surface area contributed by atoms with E-state index in [2.05, 4.69) is 4.90 Å². The van der Waals surface area contributed by atoms with Crippen LogP contribution in [0, 0.1) is 0 Å². The van der Waals surface area contributed by atoms with Crippen LogP contribution in [-0.2, 0) is 9.59 Å². The Hall–Kier alpha value is -1.15. The maximum absolute atomic E-state index is 12.4. The highest BCUT2D eigenvalue weighted by Gasteiger charge is 2.34. The predicted molar refractivity (Wildman–Crippen MR) is 79.0 cm³/mol. The van der Waals surface area contributed by atoms with Gasteiger partial charge in [0, 0.05) is 58.2 Å². The monoisotopic (exact) mass is 335 g/mol. The average molecular weight is 335 g/mol. The second-order valence-electron chi connectivity index (χ2n) is 6.24. The summed E-state index contributed by atoms with van der Waals surface area (Å²) in [6.45, 7) is 2.70. The van der Waals surface area contributed by atoms with Crippen LogP contribution in [0.15, 0.2) is 0 Å². The first-order valence-electron chi connectivity index (χ1n) is 8.13. The highest BCUT2D eigenvalue weighted by Crippen LogP contribution is 2.21. The average Bonchev–Trinajstić information content (AvgIpc) is 2.52. The van der Waals surface area contributed by atoms with Crippen LogP contribution in [0.4, 0.5) is 13.2 Å². The summed E-state index contributed by atoms with van der Waals surface area (Å²) >= 11 is 0. The third-order valence-electron chi connectivity index (χ3n) is 4.62. The third kappa shape index (κ3) is 5.76. The number of hydrogen-bond donors (Lipinski definition) is 0. The van der Waals surface area contributed by atoms with E-state index in [1.807, 2.05) is 0 Å². The second kappa shape index (κ2) is 8.10. The fourth-order valence-electron chi connectivity index (χ4n) is 3.36. The molecule has 0 radical (unpaired) electrons. The fraction of sp³-hybridized carbons (Fsp3) is 0.867. The minimum absolute atomic E-state index is 0.0190. The summed E-state index contributed by atoms with van der Waals surface area (Å²) in [7, 11) is 0. The molecule has 2 heterocycles. The molecule has 0 aliphatic carbocycles. The minimum Gasteiger partial charge on any atom is -0.343 e. The standard InChI is InChI=1S/C15H24F3N3O2/c16-15(17,18)12-19-7-9-20(10-8-19)13-3-5-21(6-4-13)14(23)2-1-11-22/h11,13H,1-10,12H2. The number of likely N-dealkylation sites (tertiary alicyclic amines) is 1. The molecule has 8 heteroatoms. The lowest BCUT2D eigenvalue weighted by Crippen LogP contribution is -2.54. The first kappa shape index (κ1) is 18.2. The molecule has 2 rings (SSSR count). The smallest absolute Gasteiger partial charge is 0.343 e. The van der Waals surface area contributed by atoms with E-state index in [-0.39, 0.29) is 18.7 Å². The van der Waals surface area contributed by atoms with Crippen molar-refractivity contribution in [3.63, 3.8) is 0 Å². The maximum Gasteiger partial charge on any atom is 0.401 e. The Morgan fingerprint density at radius 2 is 1.65 bits per heavy atom. The number of piperidine rings is 1. The molecule has 5 nitrogen and oxygen atoms in total. The van der Waals surface area contributed by atoms with E-state index in [1.54, 1.807) is 4.90 Å². The third-order valence-corrected chi connectivity index (χ3v) is 4.62. The summed E-state index contributed by atoms with van der Waals surface area (Å²) in [5, 5.41) is 0. The number of carbonyl (C=O) groups excluding carboxylic acids is 2. The molecule has 2 fully saturated rings. The van der Waals surface area contributed by atoms with Crippen molar-refractivity contribution in [3.8, 4) is 0 Å². The molecule has 0 spiro atoms. The van der Waals surface area contributed by atoms with E-state index < -0.39 is 12.7 Å². The summed E-state index contributed by atoms with van der Waals surface area (Å²) in [6, 6.07) is 0.346. The lowest BCUT2D eigenvalue weighted by atomic mass is 10.0. The van der Waals surface area contributed by atoms with E-state index in [9.17, 15) is 22.8 Å². The molecule has 0 aromatic carbocycles. The zero-order chi connectivity index (χ0) is 16.9. The molecular weight excluding hydrogens is 311 g/mol. The number of aldehydes is 1. The van der Waals surface area contributed by atoms with Crippen molar-refractivity contribution in [2.75, 3.05) is 45.8 Å². The van der Waals surface area contributed by atoms with Gasteiger partial charge >= 0.3 is 6.18 Å². The van der Waals surface area contributed by atoms with Gasteiger partial charge < -0.3 is 9.69 Å². The van der Waals surface area contributed by atoms with Gasteiger partial charge in [-0.1, -0.05) is 0 Å². The van der Waals surface area contributed by atoms with E-state index in [0.717, 1.165) is 19.1 Å². The van der Waals surface area contributed by atoms with Gasteiger partial charge in [-0.3, -0.25) is 14.6 Å².